The summed E-state index contributed by atoms with van der Waals surface area (Å²) in [5, 5.41) is 0. The summed E-state index contributed by atoms with van der Waals surface area (Å²) >= 11 is 0. The normalized spacial score (nSPS) is 20.2. The Morgan fingerprint density at radius 3 is 2.84 bits per heavy atom. The second-order valence-electron chi connectivity index (χ2n) is 4.75. The zero-order valence-electron chi connectivity index (χ0n) is 11.2. The van der Waals surface area contributed by atoms with E-state index in [9.17, 15) is 4.79 Å². The van der Waals surface area contributed by atoms with E-state index in [0.717, 1.165) is 25.3 Å². The van der Waals surface area contributed by atoms with Gasteiger partial charge in [-0.1, -0.05) is 12.1 Å². The fourth-order valence-corrected chi connectivity index (χ4v) is 2.29. The number of carbonyl (C=O) groups excluding carboxylic acids is 1. The number of nitrogens with zero attached hydrogens (tertiary/aromatic N) is 1. The maximum atomic E-state index is 10.9. The molecule has 1 aromatic rings. The van der Waals surface area contributed by atoms with Crippen LogP contribution in [0.2, 0.25) is 0 Å². The average Bonchev–Trinajstić information content (AvgIpc) is 2.39. The zero-order chi connectivity index (χ0) is 13.7. The summed E-state index contributed by atoms with van der Waals surface area (Å²) in [6, 6.07) is 7.96. The Balaban J connectivity index is 1.88. The highest BCUT2D eigenvalue weighted by molar-refractivity contribution is 5.75. The summed E-state index contributed by atoms with van der Waals surface area (Å²) in [5.74, 6) is 0.564. The van der Waals surface area contributed by atoms with E-state index in [1.165, 1.54) is 5.56 Å². The number of amides is 1. The van der Waals surface area contributed by atoms with Gasteiger partial charge in [-0.05, 0) is 24.1 Å². The van der Waals surface area contributed by atoms with Crippen molar-refractivity contribution in [2.24, 2.45) is 5.73 Å². The molecule has 1 aliphatic heterocycles. The number of methoxy groups -OCH3 is 1. The van der Waals surface area contributed by atoms with Crippen LogP contribution in [-0.2, 0) is 16.0 Å². The molecule has 104 valence electrons. The van der Waals surface area contributed by atoms with Gasteiger partial charge in [-0.2, -0.15) is 0 Å². The molecular formula is C14H20N2O3. The third-order valence-electron chi connectivity index (χ3n) is 3.22. The Bertz CT molecular complexity index is 419. The molecule has 1 aromatic carbocycles. The molecule has 0 aliphatic carbocycles. The van der Waals surface area contributed by atoms with Gasteiger partial charge in [0.05, 0.1) is 26.4 Å². The Kier molecular flexibility index (Phi) is 4.76. The second kappa shape index (κ2) is 6.54. The van der Waals surface area contributed by atoms with Crippen molar-refractivity contribution in [3.8, 4) is 5.75 Å². The lowest BCUT2D eigenvalue weighted by molar-refractivity contribution is -0.121. The van der Waals surface area contributed by atoms with E-state index in [1.54, 1.807) is 7.11 Å². The highest BCUT2D eigenvalue weighted by Crippen LogP contribution is 2.15. The lowest BCUT2D eigenvalue weighted by Gasteiger charge is -2.32. The minimum Gasteiger partial charge on any atom is -0.497 e. The smallest absolute Gasteiger partial charge is 0.231 e. The van der Waals surface area contributed by atoms with Crippen LogP contribution in [0.4, 0.5) is 0 Å². The van der Waals surface area contributed by atoms with E-state index in [1.807, 2.05) is 29.2 Å². The monoisotopic (exact) mass is 264 g/mol. The maximum absolute atomic E-state index is 10.9. The molecule has 1 amide bonds. The standard InChI is InChI=1S/C14H20N2O3/c1-18-12-4-2-11(3-5-12)8-13-9-16(6-7-19-13)10-14(15)17/h2-5,13H,6-10H2,1H3,(H2,15,17). The third-order valence-corrected chi connectivity index (χ3v) is 3.22. The van der Waals surface area contributed by atoms with E-state index in [4.69, 9.17) is 15.2 Å². The van der Waals surface area contributed by atoms with Crippen LogP contribution < -0.4 is 10.5 Å². The number of benzene rings is 1. The molecule has 0 saturated carbocycles. The Hall–Kier alpha value is -1.59. The summed E-state index contributed by atoms with van der Waals surface area (Å²) in [4.78, 5) is 13.0. The first-order valence-corrected chi connectivity index (χ1v) is 6.42. The van der Waals surface area contributed by atoms with E-state index in [0.29, 0.717) is 13.2 Å². The minimum absolute atomic E-state index is 0.112. The molecule has 2 N–H and O–H groups in total. The van der Waals surface area contributed by atoms with E-state index in [2.05, 4.69) is 0 Å². The lowest BCUT2D eigenvalue weighted by atomic mass is 10.1. The van der Waals surface area contributed by atoms with Crippen LogP contribution in [0.3, 0.4) is 0 Å². The number of primary amides is 1. The molecule has 1 saturated heterocycles. The first kappa shape index (κ1) is 13.8. The fourth-order valence-electron chi connectivity index (χ4n) is 2.29. The van der Waals surface area contributed by atoms with Crippen molar-refractivity contribution in [1.29, 1.82) is 0 Å². The first-order chi connectivity index (χ1) is 9.17. The van der Waals surface area contributed by atoms with Gasteiger partial charge in [-0.3, -0.25) is 9.69 Å². The minimum atomic E-state index is -0.287. The Morgan fingerprint density at radius 1 is 1.47 bits per heavy atom. The molecule has 1 aliphatic rings. The van der Waals surface area contributed by atoms with Crippen LogP contribution in [0, 0.1) is 0 Å². The van der Waals surface area contributed by atoms with Gasteiger partial charge in [-0.15, -0.1) is 0 Å². The second-order valence-corrected chi connectivity index (χ2v) is 4.75. The zero-order valence-corrected chi connectivity index (χ0v) is 11.2. The summed E-state index contributed by atoms with van der Waals surface area (Å²) in [6.45, 7) is 2.47. The van der Waals surface area contributed by atoms with Gasteiger partial charge in [0.1, 0.15) is 5.75 Å². The van der Waals surface area contributed by atoms with Gasteiger partial charge in [0.15, 0.2) is 0 Å². The van der Waals surface area contributed by atoms with Crippen molar-refractivity contribution in [3.63, 3.8) is 0 Å². The molecule has 0 bridgehead atoms. The molecule has 2 rings (SSSR count). The van der Waals surface area contributed by atoms with Gasteiger partial charge in [0, 0.05) is 13.1 Å². The molecule has 0 spiro atoms. The van der Waals surface area contributed by atoms with Crippen molar-refractivity contribution in [3.05, 3.63) is 29.8 Å². The topological polar surface area (TPSA) is 64.8 Å². The molecule has 1 heterocycles. The summed E-state index contributed by atoms with van der Waals surface area (Å²) in [5.41, 5.74) is 6.42. The van der Waals surface area contributed by atoms with Crippen molar-refractivity contribution in [2.75, 3.05) is 33.4 Å². The molecule has 0 radical (unpaired) electrons. The van der Waals surface area contributed by atoms with Crippen LogP contribution in [0.5, 0.6) is 5.75 Å². The number of hydrogen-bond donors (Lipinski definition) is 1. The van der Waals surface area contributed by atoms with Crippen LogP contribution in [0.25, 0.3) is 0 Å². The first-order valence-electron chi connectivity index (χ1n) is 6.42. The van der Waals surface area contributed by atoms with Crippen LogP contribution >= 0.6 is 0 Å². The molecule has 19 heavy (non-hydrogen) atoms. The van der Waals surface area contributed by atoms with Crippen LogP contribution in [-0.4, -0.2) is 50.3 Å². The highest BCUT2D eigenvalue weighted by Gasteiger charge is 2.21. The Labute approximate surface area is 113 Å². The van der Waals surface area contributed by atoms with E-state index in [-0.39, 0.29) is 12.0 Å². The molecule has 0 aromatic heterocycles. The Morgan fingerprint density at radius 2 is 2.21 bits per heavy atom. The van der Waals surface area contributed by atoms with E-state index >= 15 is 0 Å². The lowest BCUT2D eigenvalue weighted by Crippen LogP contribution is -2.46. The third kappa shape index (κ3) is 4.22. The van der Waals surface area contributed by atoms with Gasteiger partial charge < -0.3 is 15.2 Å². The number of hydrogen-bond acceptors (Lipinski definition) is 4. The highest BCUT2D eigenvalue weighted by atomic mass is 16.5. The summed E-state index contributed by atoms with van der Waals surface area (Å²) in [6.07, 6.45) is 0.945. The van der Waals surface area contributed by atoms with Crippen molar-refractivity contribution >= 4 is 5.91 Å². The number of nitrogens with two attached hydrogens (primary N) is 1. The van der Waals surface area contributed by atoms with Crippen molar-refractivity contribution in [1.82, 2.24) is 4.90 Å². The number of morpholine rings is 1. The SMILES string of the molecule is COc1ccc(CC2CN(CC(N)=O)CCO2)cc1. The van der Waals surface area contributed by atoms with Gasteiger partial charge >= 0.3 is 0 Å². The number of ether oxygens (including phenoxy) is 2. The van der Waals surface area contributed by atoms with Gasteiger partial charge in [-0.25, -0.2) is 0 Å². The van der Waals surface area contributed by atoms with Crippen LogP contribution in [0.15, 0.2) is 24.3 Å². The van der Waals surface area contributed by atoms with Crippen molar-refractivity contribution < 1.29 is 14.3 Å². The predicted octanol–water partition coefficient (Wildman–Crippen LogP) is 0.424. The molecule has 1 atom stereocenters. The predicted molar refractivity (Wildman–Crippen MR) is 72.1 cm³/mol. The van der Waals surface area contributed by atoms with Gasteiger partial charge in [0.2, 0.25) is 5.91 Å². The fraction of sp³-hybridized carbons (Fsp3) is 0.500. The molecule has 1 fully saturated rings. The largest absolute Gasteiger partial charge is 0.497 e. The quantitative estimate of drug-likeness (QED) is 0.837. The molecule has 5 heteroatoms. The number of carbonyl (C=O) groups is 1. The van der Waals surface area contributed by atoms with E-state index < -0.39 is 0 Å². The molecule has 1 unspecified atom stereocenters. The number of rotatable bonds is 5. The van der Waals surface area contributed by atoms with Gasteiger partial charge in [0.25, 0.3) is 0 Å². The van der Waals surface area contributed by atoms with Crippen LogP contribution in [0.1, 0.15) is 5.56 Å². The van der Waals surface area contributed by atoms with Crippen molar-refractivity contribution in [2.45, 2.75) is 12.5 Å². The maximum Gasteiger partial charge on any atom is 0.231 e. The summed E-state index contributed by atoms with van der Waals surface area (Å²) < 4.78 is 10.9. The molecule has 5 nitrogen and oxygen atoms in total. The average molecular weight is 264 g/mol. The molecular weight excluding hydrogens is 244 g/mol. The summed E-state index contributed by atoms with van der Waals surface area (Å²) in [7, 11) is 1.65.